The number of halogens is 3. The number of anilines is 1. The molecule has 11 heteroatoms. The van der Waals surface area contributed by atoms with Gasteiger partial charge >= 0.3 is 5.97 Å². The van der Waals surface area contributed by atoms with Gasteiger partial charge in [0.2, 0.25) is 0 Å². The molecule has 0 saturated carbocycles. The minimum Gasteiger partial charge on any atom is -0.480 e. The van der Waals surface area contributed by atoms with Gasteiger partial charge in [0.05, 0.1) is 32.8 Å². The molecule has 0 bridgehead atoms. The molecule has 2 heterocycles. The molecule has 140 valence electrons. The van der Waals surface area contributed by atoms with E-state index in [0.29, 0.717) is 26.9 Å². The zero-order valence-corrected chi connectivity index (χ0v) is 16.7. The smallest absolute Gasteiger partial charge is 0.325 e. The number of aliphatic carboxylic acids is 1. The number of rotatable bonds is 6. The molecule has 0 aliphatic carbocycles. The molecule has 27 heavy (non-hydrogen) atoms. The van der Waals surface area contributed by atoms with Gasteiger partial charge < -0.3 is 10.4 Å². The van der Waals surface area contributed by atoms with E-state index in [9.17, 15) is 9.59 Å². The van der Waals surface area contributed by atoms with E-state index in [4.69, 9.17) is 28.3 Å². The Labute approximate surface area is 171 Å². The van der Waals surface area contributed by atoms with Gasteiger partial charge in [0.25, 0.3) is 5.91 Å². The molecule has 0 spiro atoms. The van der Waals surface area contributed by atoms with Crippen molar-refractivity contribution in [3.63, 3.8) is 0 Å². The van der Waals surface area contributed by atoms with E-state index in [-0.39, 0.29) is 12.1 Å². The minimum absolute atomic E-state index is 0.224. The Bertz CT molecular complexity index is 1020. The summed E-state index contributed by atoms with van der Waals surface area (Å²) in [6.45, 7) is 0.108. The summed E-state index contributed by atoms with van der Waals surface area (Å²) in [6, 6.07) is 5.28. The molecule has 8 nitrogen and oxygen atoms in total. The van der Waals surface area contributed by atoms with Gasteiger partial charge in [-0.1, -0.05) is 29.3 Å². The second-order valence-electron chi connectivity index (χ2n) is 5.55. The maximum Gasteiger partial charge on any atom is 0.325 e. The van der Waals surface area contributed by atoms with E-state index < -0.39 is 11.9 Å². The first kappa shape index (κ1) is 19.4. The number of hydrogen-bond donors (Lipinski definition) is 2. The van der Waals surface area contributed by atoms with Crippen LogP contribution in [0.1, 0.15) is 15.9 Å². The van der Waals surface area contributed by atoms with Crippen LogP contribution in [-0.2, 0) is 17.9 Å². The summed E-state index contributed by atoms with van der Waals surface area (Å²) in [7, 11) is 0. The van der Waals surface area contributed by atoms with Crippen molar-refractivity contribution in [2.75, 3.05) is 5.32 Å². The van der Waals surface area contributed by atoms with E-state index in [2.05, 4.69) is 31.4 Å². The first-order chi connectivity index (χ1) is 12.8. The van der Waals surface area contributed by atoms with Gasteiger partial charge in [0, 0.05) is 12.4 Å². The Kier molecular flexibility index (Phi) is 5.83. The predicted molar refractivity (Wildman–Crippen MR) is 103 cm³/mol. The van der Waals surface area contributed by atoms with Crippen LogP contribution in [0.5, 0.6) is 0 Å². The van der Waals surface area contributed by atoms with Crippen molar-refractivity contribution in [3.8, 4) is 0 Å². The van der Waals surface area contributed by atoms with Gasteiger partial charge in [-0.3, -0.25) is 19.0 Å². The number of carbonyl (C=O) groups excluding carboxylic acids is 1. The highest BCUT2D eigenvalue weighted by atomic mass is 79.9. The van der Waals surface area contributed by atoms with Crippen LogP contribution >= 0.6 is 39.1 Å². The number of carboxylic acid groups (broad SMARTS) is 1. The molecule has 0 atom stereocenters. The van der Waals surface area contributed by atoms with Crippen molar-refractivity contribution in [2.45, 2.75) is 13.1 Å². The third-order valence-electron chi connectivity index (χ3n) is 3.47. The lowest BCUT2D eigenvalue weighted by molar-refractivity contribution is -0.137. The van der Waals surface area contributed by atoms with Gasteiger partial charge in [-0.15, -0.1) is 0 Å². The lowest BCUT2D eigenvalue weighted by Crippen LogP contribution is -2.13. The SMILES string of the molecule is O=C(O)Cn1cc(C(=O)Nc2nn(Cc3ccc(Cl)c(Cl)c3)cc2Br)cn1. The topological polar surface area (TPSA) is 102 Å². The number of amides is 1. The van der Waals surface area contributed by atoms with E-state index in [1.165, 1.54) is 12.4 Å². The summed E-state index contributed by atoms with van der Waals surface area (Å²) >= 11 is 15.3. The second kappa shape index (κ2) is 8.12. The summed E-state index contributed by atoms with van der Waals surface area (Å²) in [4.78, 5) is 23.0. The van der Waals surface area contributed by atoms with Crippen LogP contribution < -0.4 is 5.32 Å². The molecule has 3 rings (SSSR count). The van der Waals surface area contributed by atoms with Gasteiger partial charge in [0.15, 0.2) is 5.82 Å². The fraction of sp³-hybridized carbons (Fsp3) is 0.125. The van der Waals surface area contributed by atoms with Gasteiger partial charge in [-0.25, -0.2) is 0 Å². The van der Waals surface area contributed by atoms with Gasteiger partial charge in [-0.2, -0.15) is 10.2 Å². The average Bonchev–Trinajstić information content (AvgIpc) is 3.18. The average molecular weight is 473 g/mol. The van der Waals surface area contributed by atoms with Crippen molar-refractivity contribution in [1.82, 2.24) is 19.6 Å². The largest absolute Gasteiger partial charge is 0.480 e. The highest BCUT2D eigenvalue weighted by Crippen LogP contribution is 2.25. The predicted octanol–water partition coefficient (Wildman–Crippen LogP) is 3.53. The Hall–Kier alpha value is -2.36. The lowest BCUT2D eigenvalue weighted by Gasteiger charge is -2.04. The van der Waals surface area contributed by atoms with Crippen LogP contribution in [0.15, 0.2) is 41.3 Å². The van der Waals surface area contributed by atoms with Crippen molar-refractivity contribution < 1.29 is 14.7 Å². The molecular formula is C16H12BrCl2N5O3. The quantitative estimate of drug-likeness (QED) is 0.571. The molecule has 0 aliphatic rings. The Morgan fingerprint density at radius 3 is 2.67 bits per heavy atom. The van der Waals surface area contributed by atoms with Crippen LogP contribution in [0.3, 0.4) is 0 Å². The monoisotopic (exact) mass is 471 g/mol. The second-order valence-corrected chi connectivity index (χ2v) is 7.21. The molecule has 1 aromatic carbocycles. The summed E-state index contributed by atoms with van der Waals surface area (Å²) < 4.78 is 3.39. The zero-order valence-electron chi connectivity index (χ0n) is 13.6. The molecule has 2 N–H and O–H groups in total. The molecule has 0 aliphatic heterocycles. The molecule has 0 fully saturated rings. The third-order valence-corrected chi connectivity index (χ3v) is 4.79. The van der Waals surface area contributed by atoms with Crippen LogP contribution in [0.4, 0.5) is 5.82 Å². The highest BCUT2D eigenvalue weighted by molar-refractivity contribution is 9.10. The van der Waals surface area contributed by atoms with E-state index in [1.54, 1.807) is 23.0 Å². The maximum atomic E-state index is 12.3. The third kappa shape index (κ3) is 4.88. The Morgan fingerprint density at radius 2 is 1.96 bits per heavy atom. The summed E-state index contributed by atoms with van der Waals surface area (Å²) in [5.74, 6) is -1.17. The molecule has 0 unspecified atom stereocenters. The lowest BCUT2D eigenvalue weighted by atomic mass is 10.2. The fourth-order valence-corrected chi connectivity index (χ4v) is 3.01. The van der Waals surface area contributed by atoms with Crippen molar-refractivity contribution >= 4 is 56.8 Å². The highest BCUT2D eigenvalue weighted by Gasteiger charge is 2.15. The number of nitrogens with zero attached hydrogens (tertiary/aromatic N) is 4. The number of nitrogens with one attached hydrogen (secondary N) is 1. The van der Waals surface area contributed by atoms with Gasteiger partial charge in [0.1, 0.15) is 6.54 Å². The molecule has 3 aromatic rings. The van der Waals surface area contributed by atoms with E-state index in [1.807, 2.05) is 6.07 Å². The fourth-order valence-electron chi connectivity index (χ4n) is 2.27. The molecule has 0 radical (unpaired) electrons. The maximum absolute atomic E-state index is 12.3. The summed E-state index contributed by atoms with van der Waals surface area (Å²) in [5.41, 5.74) is 1.12. The van der Waals surface area contributed by atoms with E-state index in [0.717, 1.165) is 10.2 Å². The van der Waals surface area contributed by atoms with Crippen molar-refractivity contribution in [2.24, 2.45) is 0 Å². The molecule has 1 amide bonds. The first-order valence-corrected chi connectivity index (χ1v) is 9.09. The van der Waals surface area contributed by atoms with Crippen LogP contribution in [0, 0.1) is 0 Å². The number of carbonyl (C=O) groups is 2. The standard InChI is InChI=1S/C16H12BrCl2N5O3/c17-11-7-24(5-9-1-2-12(18)13(19)3-9)22-15(11)21-16(27)10-4-20-23(6-10)8-14(25)26/h1-4,6-7H,5,8H2,(H,25,26)(H,21,22,27). The Morgan fingerprint density at radius 1 is 1.19 bits per heavy atom. The summed E-state index contributed by atoms with van der Waals surface area (Å²) in [6.07, 6.45) is 4.36. The Balaban J connectivity index is 1.70. The zero-order chi connectivity index (χ0) is 19.6. The molecule has 2 aromatic heterocycles. The van der Waals surface area contributed by atoms with Crippen LogP contribution in [0.2, 0.25) is 10.0 Å². The molecule has 0 saturated heterocycles. The van der Waals surface area contributed by atoms with Crippen molar-refractivity contribution in [3.05, 3.63) is 62.4 Å². The van der Waals surface area contributed by atoms with Gasteiger partial charge in [-0.05, 0) is 33.6 Å². The summed E-state index contributed by atoms with van der Waals surface area (Å²) in [5, 5.41) is 20.5. The van der Waals surface area contributed by atoms with Crippen LogP contribution in [-0.4, -0.2) is 36.5 Å². The van der Waals surface area contributed by atoms with E-state index >= 15 is 0 Å². The van der Waals surface area contributed by atoms with Crippen molar-refractivity contribution in [1.29, 1.82) is 0 Å². The first-order valence-electron chi connectivity index (χ1n) is 7.54. The number of benzene rings is 1. The molecular weight excluding hydrogens is 461 g/mol. The minimum atomic E-state index is -1.05. The number of carboxylic acids is 1. The number of aromatic nitrogens is 4. The normalized spacial score (nSPS) is 10.8. The van der Waals surface area contributed by atoms with Crippen LogP contribution in [0.25, 0.3) is 0 Å². The number of hydrogen-bond acceptors (Lipinski definition) is 4.